The highest BCUT2D eigenvalue weighted by atomic mass is 32.1. The Morgan fingerprint density at radius 2 is 1.32 bits per heavy atom. The maximum absolute atomic E-state index is 13.9. The van der Waals surface area contributed by atoms with E-state index < -0.39 is 113 Å². The average Bonchev–Trinajstić information content (AvgIpc) is 2.86. The molecule has 10 amide bonds. The van der Waals surface area contributed by atoms with Gasteiger partial charge in [-0.1, -0.05) is 39.0 Å². The number of hydrogen-bond acceptors (Lipinski definition) is 24. The molecular weight excluding hydrogens is 1180 g/mol. The topological polar surface area (TPSA) is 471 Å². The van der Waals surface area contributed by atoms with E-state index in [1.54, 1.807) is 0 Å². The van der Waals surface area contributed by atoms with Crippen LogP contribution in [0.4, 0.5) is 0 Å². The number of nitrogens with two attached hydrogens (primary N) is 1. The first-order valence-corrected chi connectivity index (χ1v) is 26.5. The number of oxazole rings is 3. The minimum absolute atomic E-state index is 0.00272. The minimum Gasteiger partial charge on any atom is -0.443 e. The predicted molar refractivity (Wildman–Crippen MR) is 304 cm³/mol. The van der Waals surface area contributed by atoms with E-state index in [1.165, 1.54) is 63.8 Å². The monoisotopic (exact) mass is 1230 g/mol. The van der Waals surface area contributed by atoms with Crippen LogP contribution in [-0.2, 0) is 28.7 Å². The molecule has 13 N–H and O–H groups in total. The van der Waals surface area contributed by atoms with Crippen LogP contribution in [0.3, 0.4) is 0 Å². The number of nitrogens with one attached hydrogen (secondary N) is 9. The first-order valence-electron chi connectivity index (χ1n) is 24.8. The molecule has 10 bridgehead atoms. The summed E-state index contributed by atoms with van der Waals surface area (Å²) in [5, 5.41) is 44.6. The summed E-state index contributed by atoms with van der Waals surface area (Å²) in [5.41, 5.74) is 0.519. The van der Waals surface area contributed by atoms with E-state index in [1.807, 2.05) is 5.32 Å². The Morgan fingerprint density at radius 3 is 1.95 bits per heavy atom. The molecule has 32 nitrogen and oxygen atoms in total. The lowest BCUT2D eigenvalue weighted by molar-refractivity contribution is -0.124. The van der Waals surface area contributed by atoms with Gasteiger partial charge in [-0.15, -0.1) is 22.7 Å². The number of pyridine rings is 1. The number of thiazole rings is 2. The van der Waals surface area contributed by atoms with E-state index >= 15 is 0 Å². The highest BCUT2D eigenvalue weighted by molar-refractivity contribution is 7.13. The third-order valence-electron chi connectivity index (χ3n) is 11.6. The van der Waals surface area contributed by atoms with Crippen LogP contribution in [0.15, 0.2) is 110 Å². The van der Waals surface area contributed by atoms with Crippen molar-refractivity contribution in [2.45, 2.75) is 46.1 Å². The summed E-state index contributed by atoms with van der Waals surface area (Å²) in [6, 6.07) is 0.779. The molecule has 1 aliphatic heterocycles. The Balaban J connectivity index is 1.22. The molecule has 6 aromatic heterocycles. The van der Waals surface area contributed by atoms with Gasteiger partial charge in [-0.2, -0.15) is 0 Å². The van der Waals surface area contributed by atoms with Gasteiger partial charge in [-0.05, 0) is 45.9 Å². The van der Waals surface area contributed by atoms with Crippen LogP contribution < -0.4 is 53.6 Å². The molecule has 7 heterocycles. The molecule has 450 valence electrons. The lowest BCUT2D eigenvalue weighted by Crippen LogP contribution is -2.52. The molecule has 0 saturated carbocycles. The molecule has 87 heavy (non-hydrogen) atoms. The van der Waals surface area contributed by atoms with Gasteiger partial charge < -0.3 is 81.8 Å². The van der Waals surface area contributed by atoms with E-state index in [9.17, 15) is 58.2 Å². The van der Waals surface area contributed by atoms with Crippen molar-refractivity contribution < 1.29 is 76.1 Å². The largest absolute Gasteiger partial charge is 0.443 e. The van der Waals surface area contributed by atoms with Gasteiger partial charge in [0.2, 0.25) is 23.6 Å². The van der Waals surface area contributed by atoms with Crippen LogP contribution in [0, 0.1) is 13.8 Å². The summed E-state index contributed by atoms with van der Waals surface area (Å²) >= 11 is 1.80. The van der Waals surface area contributed by atoms with Gasteiger partial charge in [0, 0.05) is 23.4 Å². The molecular formula is C53H50N16O16S2. The van der Waals surface area contributed by atoms with Gasteiger partial charge in [-0.3, -0.25) is 47.9 Å². The number of primary amides is 1. The molecule has 1 aliphatic rings. The van der Waals surface area contributed by atoms with Crippen molar-refractivity contribution >= 4 is 98.8 Å². The third-order valence-corrected chi connectivity index (χ3v) is 13.4. The van der Waals surface area contributed by atoms with Gasteiger partial charge >= 0.3 is 0 Å². The number of carbonyl (C=O) groups excluding carboxylic acids is 10. The number of aliphatic hydroxyl groups is 2. The number of amides is 10. The van der Waals surface area contributed by atoms with Crippen LogP contribution in [0.5, 0.6) is 0 Å². The van der Waals surface area contributed by atoms with Crippen LogP contribution in [0.25, 0.3) is 39.1 Å². The Kier molecular flexibility index (Phi) is 19.7. The van der Waals surface area contributed by atoms with Crippen LogP contribution >= 0.6 is 22.7 Å². The number of fused-ring (bicyclic) bond motifs is 13. The highest BCUT2D eigenvalue weighted by Crippen LogP contribution is 2.34. The fraction of sp³-hybridized carbons (Fsp3) is 0.170. The molecule has 0 aromatic carbocycles. The molecule has 3 atom stereocenters. The number of allylic oxidation sites excluding steroid dienone is 1. The van der Waals surface area contributed by atoms with E-state index in [-0.39, 0.29) is 96.0 Å². The summed E-state index contributed by atoms with van der Waals surface area (Å²) in [6.07, 6.45) is 0.673. The zero-order valence-corrected chi connectivity index (χ0v) is 47.8. The Morgan fingerprint density at radius 1 is 0.713 bits per heavy atom. The van der Waals surface area contributed by atoms with E-state index in [2.05, 4.69) is 105 Å². The molecule has 34 heteroatoms. The number of aliphatic hydroxyl groups excluding tert-OH is 2. The Labute approximate surface area is 498 Å². The lowest BCUT2D eigenvalue weighted by atomic mass is 10.1. The highest BCUT2D eigenvalue weighted by Gasteiger charge is 2.32. The summed E-state index contributed by atoms with van der Waals surface area (Å²) in [6.45, 7) is 22.4. The number of carbonyl (C=O) groups is 10. The summed E-state index contributed by atoms with van der Waals surface area (Å²) in [5.74, 6) is -11.0. The second-order valence-electron chi connectivity index (χ2n) is 17.8. The number of nitrogens with zero attached hydrogens (tertiary/aromatic N) is 6. The molecule has 6 aromatic rings. The predicted octanol–water partition coefficient (Wildman–Crippen LogP) is 0.737. The van der Waals surface area contributed by atoms with E-state index in [0.717, 1.165) is 35.0 Å². The smallest absolute Gasteiger partial charge is 0.278 e. The molecule has 0 spiro atoms. The molecule has 0 radical (unpaired) electrons. The number of rotatable bonds is 10. The van der Waals surface area contributed by atoms with E-state index in [4.69, 9.17) is 23.7 Å². The van der Waals surface area contributed by atoms with Gasteiger partial charge in [0.05, 0.1) is 41.2 Å². The van der Waals surface area contributed by atoms with Crippen molar-refractivity contribution in [2.75, 3.05) is 13.7 Å². The van der Waals surface area contributed by atoms with Crippen molar-refractivity contribution in [3.8, 4) is 22.0 Å². The van der Waals surface area contributed by atoms with Crippen molar-refractivity contribution in [1.82, 2.24) is 77.8 Å². The zero-order valence-electron chi connectivity index (χ0n) is 46.2. The first kappa shape index (κ1) is 63.4. The third kappa shape index (κ3) is 14.8. The SMILES string of the molecule is C=C(NC(=O)C(=C)NC(=O)C(=C)NC(=O)c1ccc2c(n1)-c1coc(n1)C(=C)NC(=O)C(=C)NC(=O)c1nc(oc1C)/C(=C/C)NC(=O)c1csc(n1)C(OC)NC(=O)c1nc(oc1C)/C(=C/CO)NC(=O)C([C@@H](C)O)NC(=O)c1csc-2n1)C(N)=O. The molecule has 7 rings (SSSR count). The number of methoxy groups -OCH3 is 1. The summed E-state index contributed by atoms with van der Waals surface area (Å²) < 4.78 is 22.6. The Hall–Kier alpha value is -11.2. The molecule has 0 fully saturated rings. The normalized spacial score (nSPS) is 16.7. The Bertz CT molecular complexity index is 3990. The van der Waals surface area contributed by atoms with Crippen molar-refractivity contribution in [1.29, 1.82) is 0 Å². The van der Waals surface area contributed by atoms with Gasteiger partial charge in [0.25, 0.3) is 53.2 Å². The van der Waals surface area contributed by atoms with Crippen LogP contribution in [0.2, 0.25) is 0 Å². The maximum atomic E-state index is 13.9. The van der Waals surface area contributed by atoms with Crippen LogP contribution in [0.1, 0.15) is 107 Å². The van der Waals surface area contributed by atoms with E-state index in [0.29, 0.717) is 0 Å². The number of ether oxygens (including phenoxy) is 1. The minimum atomic E-state index is -1.73. The molecule has 2 unspecified atom stereocenters. The van der Waals surface area contributed by atoms with Gasteiger partial charge in [-0.25, -0.2) is 29.9 Å². The quantitative estimate of drug-likeness (QED) is 0.0841. The van der Waals surface area contributed by atoms with Crippen molar-refractivity contribution in [2.24, 2.45) is 5.73 Å². The standard InChI is InChI=1S/C53H50N16O16S2/c1-11-28-49-67-35(25(8)84-49)46(80)58-22(5)41(75)59-23(6)48-63-31(16-83-48)37-27(12-13-29(60-37)42(76)57-21(4)40(74)56-20(3)39(73)55-19(2)38(54)72)52-64-33(17-86-52)44(78)66-34(24(7)71)45(79)62-30(14-15-70)50-68-36(26(9)85-50)47(81)69-51(82-10)53-65-32(18-87-53)43(77)61-28/h11-14,16-18,24,34,51,70-71H,2-6,15H2,1,7-10H3,(H2,54,72)(H,55,73)(H,56,74)(H,57,76)(H,58,80)(H,59,75)(H,61,77)(H,62,79)(H,66,78)(H,69,81)/b28-11-,30-14-/t24-,34?,51?/m1/s1. The van der Waals surface area contributed by atoms with Crippen LogP contribution in [-0.4, -0.2) is 125 Å². The molecule has 0 aliphatic carbocycles. The second kappa shape index (κ2) is 27.0. The number of aromatic nitrogens is 6. The van der Waals surface area contributed by atoms with Gasteiger partial charge in [0.1, 0.15) is 73.7 Å². The fourth-order valence-electron chi connectivity index (χ4n) is 7.21. The fourth-order valence-corrected chi connectivity index (χ4v) is 8.86. The maximum Gasteiger partial charge on any atom is 0.278 e. The second-order valence-corrected chi connectivity index (χ2v) is 19.6. The first-order chi connectivity index (χ1) is 41.2. The number of hydrogen-bond donors (Lipinski definition) is 12. The summed E-state index contributed by atoms with van der Waals surface area (Å²) in [7, 11) is 1.25. The lowest BCUT2D eigenvalue weighted by Gasteiger charge is -2.20. The summed E-state index contributed by atoms with van der Waals surface area (Å²) in [4.78, 5) is 158. The average molecular weight is 1230 g/mol. The van der Waals surface area contributed by atoms with Gasteiger partial charge in [0.15, 0.2) is 17.6 Å². The zero-order chi connectivity index (χ0) is 63.7. The molecule has 0 saturated heterocycles. The van der Waals surface area contributed by atoms with Crippen molar-refractivity contribution in [3.63, 3.8) is 0 Å². The van der Waals surface area contributed by atoms with Crippen molar-refractivity contribution in [3.05, 3.63) is 160 Å². The number of aryl methyl sites for hydroxylation is 2.